The standard InChI is InChI=1S/C14H24ClN3/c1-9-5-6-14(16,10(2)7-9)8-12-13(15)11(3)17-18(12)4/h9-10H,5-8,16H2,1-4H3. The third kappa shape index (κ3) is 2.43. The van der Waals surface area contributed by atoms with Crippen LogP contribution in [0.1, 0.15) is 44.5 Å². The molecule has 0 aromatic carbocycles. The van der Waals surface area contributed by atoms with Gasteiger partial charge in [-0.15, -0.1) is 0 Å². The molecule has 4 heteroatoms. The van der Waals surface area contributed by atoms with Crippen molar-refractivity contribution in [3.05, 3.63) is 16.4 Å². The average molecular weight is 270 g/mol. The van der Waals surface area contributed by atoms with Gasteiger partial charge in [0.2, 0.25) is 0 Å². The minimum Gasteiger partial charge on any atom is -0.325 e. The zero-order valence-electron chi connectivity index (χ0n) is 11.8. The van der Waals surface area contributed by atoms with Crippen molar-refractivity contribution in [1.29, 1.82) is 0 Å². The average Bonchev–Trinajstić information content (AvgIpc) is 2.52. The normalized spacial score (nSPS) is 32.8. The predicted molar refractivity (Wildman–Crippen MR) is 75.8 cm³/mol. The molecule has 3 unspecified atom stereocenters. The van der Waals surface area contributed by atoms with Gasteiger partial charge in [-0.3, -0.25) is 4.68 Å². The van der Waals surface area contributed by atoms with Gasteiger partial charge in [-0.2, -0.15) is 5.10 Å². The second kappa shape index (κ2) is 4.86. The summed E-state index contributed by atoms with van der Waals surface area (Å²) in [6.07, 6.45) is 4.34. The Balaban J connectivity index is 2.22. The molecule has 2 rings (SSSR count). The number of halogens is 1. The van der Waals surface area contributed by atoms with Crippen molar-refractivity contribution in [3.63, 3.8) is 0 Å². The molecule has 1 aromatic heterocycles. The third-order valence-corrected chi connectivity index (χ3v) is 5.09. The van der Waals surface area contributed by atoms with Gasteiger partial charge in [0.15, 0.2) is 0 Å². The van der Waals surface area contributed by atoms with Crippen molar-refractivity contribution in [3.8, 4) is 0 Å². The van der Waals surface area contributed by atoms with Crippen LogP contribution in [0, 0.1) is 18.8 Å². The van der Waals surface area contributed by atoms with Crippen LogP contribution >= 0.6 is 11.6 Å². The van der Waals surface area contributed by atoms with Gasteiger partial charge in [0, 0.05) is 19.0 Å². The highest BCUT2D eigenvalue weighted by molar-refractivity contribution is 6.31. The van der Waals surface area contributed by atoms with Gasteiger partial charge in [0.25, 0.3) is 0 Å². The number of hydrogen-bond acceptors (Lipinski definition) is 2. The molecule has 1 aliphatic rings. The summed E-state index contributed by atoms with van der Waals surface area (Å²) in [4.78, 5) is 0. The zero-order valence-corrected chi connectivity index (χ0v) is 12.6. The van der Waals surface area contributed by atoms with E-state index in [9.17, 15) is 0 Å². The van der Waals surface area contributed by atoms with Crippen molar-refractivity contribution >= 4 is 11.6 Å². The van der Waals surface area contributed by atoms with Crippen molar-refractivity contribution in [2.24, 2.45) is 24.6 Å². The second-order valence-corrected chi connectivity index (χ2v) is 6.54. The first-order valence-electron chi connectivity index (χ1n) is 6.80. The Bertz CT molecular complexity index is 440. The number of rotatable bonds is 2. The number of aryl methyl sites for hydroxylation is 2. The maximum Gasteiger partial charge on any atom is 0.0847 e. The highest BCUT2D eigenvalue weighted by Gasteiger charge is 2.38. The summed E-state index contributed by atoms with van der Waals surface area (Å²) in [6, 6.07) is 0. The van der Waals surface area contributed by atoms with E-state index in [-0.39, 0.29) is 5.54 Å². The van der Waals surface area contributed by atoms with Gasteiger partial charge in [-0.1, -0.05) is 25.4 Å². The van der Waals surface area contributed by atoms with Crippen LogP contribution in [0.5, 0.6) is 0 Å². The van der Waals surface area contributed by atoms with E-state index in [1.807, 2.05) is 18.7 Å². The van der Waals surface area contributed by atoms with E-state index in [1.54, 1.807) is 0 Å². The van der Waals surface area contributed by atoms with Crippen LogP contribution in [0.2, 0.25) is 5.02 Å². The predicted octanol–water partition coefficient (Wildman–Crippen LogP) is 3.08. The fourth-order valence-electron chi connectivity index (χ4n) is 3.16. The monoisotopic (exact) mass is 269 g/mol. The minimum absolute atomic E-state index is 0.129. The van der Waals surface area contributed by atoms with Crippen LogP contribution < -0.4 is 5.73 Å². The molecule has 102 valence electrons. The molecule has 0 radical (unpaired) electrons. The molecule has 2 N–H and O–H groups in total. The summed E-state index contributed by atoms with van der Waals surface area (Å²) in [5, 5.41) is 5.16. The molecule has 0 spiro atoms. The first kappa shape index (κ1) is 13.9. The summed E-state index contributed by atoms with van der Waals surface area (Å²) in [7, 11) is 1.95. The largest absolute Gasteiger partial charge is 0.325 e. The molecule has 1 aliphatic carbocycles. The van der Waals surface area contributed by atoms with E-state index in [1.165, 1.54) is 12.8 Å². The molecule has 3 nitrogen and oxygen atoms in total. The smallest absolute Gasteiger partial charge is 0.0847 e. The van der Waals surface area contributed by atoms with Crippen LogP contribution in [-0.4, -0.2) is 15.3 Å². The molecule has 1 heterocycles. The maximum atomic E-state index is 6.64. The van der Waals surface area contributed by atoms with Gasteiger partial charge >= 0.3 is 0 Å². The van der Waals surface area contributed by atoms with Crippen molar-refractivity contribution in [1.82, 2.24) is 9.78 Å². The van der Waals surface area contributed by atoms with Crippen molar-refractivity contribution < 1.29 is 0 Å². The molecule has 3 atom stereocenters. The lowest BCUT2D eigenvalue weighted by Gasteiger charge is -2.42. The number of nitrogens with zero attached hydrogens (tertiary/aromatic N) is 2. The van der Waals surface area contributed by atoms with E-state index in [0.29, 0.717) is 5.92 Å². The van der Waals surface area contributed by atoms with Gasteiger partial charge in [0.1, 0.15) is 0 Å². The van der Waals surface area contributed by atoms with Crippen LogP contribution in [0.15, 0.2) is 0 Å². The fourth-order valence-corrected chi connectivity index (χ4v) is 3.39. The molecule has 18 heavy (non-hydrogen) atoms. The molecular weight excluding hydrogens is 246 g/mol. The molecule has 1 saturated carbocycles. The molecule has 0 aliphatic heterocycles. The SMILES string of the molecule is Cc1nn(C)c(CC2(N)CCC(C)CC2C)c1Cl. The number of aromatic nitrogens is 2. The molecule has 0 saturated heterocycles. The van der Waals surface area contributed by atoms with E-state index in [2.05, 4.69) is 18.9 Å². The Labute approximate surface area is 115 Å². The molecule has 1 aromatic rings. The van der Waals surface area contributed by atoms with E-state index < -0.39 is 0 Å². The van der Waals surface area contributed by atoms with Gasteiger partial charge < -0.3 is 5.73 Å². The maximum absolute atomic E-state index is 6.64. The summed E-state index contributed by atoms with van der Waals surface area (Å²) in [6.45, 7) is 6.53. The Kier molecular flexibility index (Phi) is 3.75. The molecule has 1 fully saturated rings. The number of hydrogen-bond donors (Lipinski definition) is 1. The van der Waals surface area contributed by atoms with Crippen LogP contribution in [-0.2, 0) is 13.5 Å². The van der Waals surface area contributed by atoms with Crippen molar-refractivity contribution in [2.75, 3.05) is 0 Å². The third-order valence-electron chi connectivity index (χ3n) is 4.60. The lowest BCUT2D eigenvalue weighted by molar-refractivity contribution is 0.161. The zero-order chi connectivity index (χ0) is 13.5. The summed E-state index contributed by atoms with van der Waals surface area (Å²) < 4.78 is 1.89. The summed E-state index contributed by atoms with van der Waals surface area (Å²) in [5.74, 6) is 1.33. The van der Waals surface area contributed by atoms with E-state index >= 15 is 0 Å². The highest BCUT2D eigenvalue weighted by Crippen LogP contribution is 2.38. The van der Waals surface area contributed by atoms with Crippen LogP contribution in [0.25, 0.3) is 0 Å². The lowest BCUT2D eigenvalue weighted by atomic mass is 9.68. The Morgan fingerprint density at radius 3 is 2.67 bits per heavy atom. The fraction of sp³-hybridized carbons (Fsp3) is 0.786. The summed E-state index contributed by atoms with van der Waals surface area (Å²) >= 11 is 6.33. The molecular formula is C14H24ClN3. The molecule has 0 amide bonds. The second-order valence-electron chi connectivity index (χ2n) is 6.16. The van der Waals surface area contributed by atoms with Crippen LogP contribution in [0.4, 0.5) is 0 Å². The first-order chi connectivity index (χ1) is 8.33. The highest BCUT2D eigenvalue weighted by atomic mass is 35.5. The minimum atomic E-state index is -0.129. The lowest BCUT2D eigenvalue weighted by Crippen LogP contribution is -2.51. The Morgan fingerprint density at radius 2 is 2.17 bits per heavy atom. The Hall–Kier alpha value is -0.540. The van der Waals surface area contributed by atoms with Gasteiger partial charge in [0.05, 0.1) is 16.4 Å². The van der Waals surface area contributed by atoms with Gasteiger partial charge in [-0.25, -0.2) is 0 Å². The number of nitrogens with two attached hydrogens (primary N) is 1. The molecule has 0 bridgehead atoms. The topological polar surface area (TPSA) is 43.8 Å². The van der Waals surface area contributed by atoms with Crippen LogP contribution in [0.3, 0.4) is 0 Å². The quantitative estimate of drug-likeness (QED) is 0.897. The van der Waals surface area contributed by atoms with E-state index in [0.717, 1.165) is 35.2 Å². The van der Waals surface area contributed by atoms with E-state index in [4.69, 9.17) is 17.3 Å². The van der Waals surface area contributed by atoms with Crippen molar-refractivity contribution in [2.45, 2.75) is 52.0 Å². The van der Waals surface area contributed by atoms with Gasteiger partial charge in [-0.05, 0) is 38.0 Å². The summed E-state index contributed by atoms with van der Waals surface area (Å²) in [5.41, 5.74) is 8.49. The first-order valence-corrected chi connectivity index (χ1v) is 7.18. The Morgan fingerprint density at radius 1 is 1.50 bits per heavy atom.